The van der Waals surface area contributed by atoms with Gasteiger partial charge >= 0.3 is 6.09 Å². The molecule has 2 aromatic rings. The Labute approximate surface area is 119 Å². The molecule has 0 aliphatic rings. The molecule has 0 aliphatic carbocycles. The maximum atomic E-state index is 12.2. The van der Waals surface area contributed by atoms with Gasteiger partial charge in [-0.25, -0.2) is 4.79 Å². The second-order valence-electron chi connectivity index (χ2n) is 4.72. The van der Waals surface area contributed by atoms with Gasteiger partial charge in [0.1, 0.15) is 5.75 Å². The zero-order valence-corrected chi connectivity index (χ0v) is 11.7. The highest BCUT2D eigenvalue weighted by molar-refractivity contribution is 5.70. The summed E-state index contributed by atoms with van der Waals surface area (Å²) < 4.78 is 5.37. The van der Waals surface area contributed by atoms with Crippen molar-refractivity contribution in [1.29, 1.82) is 0 Å². The van der Waals surface area contributed by atoms with E-state index in [-0.39, 0.29) is 12.1 Å². The van der Waals surface area contributed by atoms with Gasteiger partial charge in [-0.3, -0.25) is 9.88 Å². The number of amides is 1. The van der Waals surface area contributed by atoms with Crippen molar-refractivity contribution < 1.29 is 9.53 Å². The summed E-state index contributed by atoms with van der Waals surface area (Å²) in [4.78, 5) is 18.1. The van der Waals surface area contributed by atoms with Crippen LogP contribution in [0.4, 0.5) is 4.79 Å². The molecule has 1 aromatic carbocycles. The van der Waals surface area contributed by atoms with E-state index in [1.807, 2.05) is 50.2 Å². The Hall–Kier alpha value is -2.36. The normalized spacial score (nSPS) is 10.3. The zero-order valence-electron chi connectivity index (χ0n) is 11.7. The molecule has 2 rings (SSSR count). The molecule has 1 aromatic heterocycles. The van der Waals surface area contributed by atoms with Gasteiger partial charge in [0, 0.05) is 12.2 Å². The minimum Gasteiger partial charge on any atom is -0.410 e. The molecule has 0 saturated carbocycles. The summed E-state index contributed by atoms with van der Waals surface area (Å²) in [6.07, 6.45) is 1.35. The zero-order chi connectivity index (χ0) is 14.4. The van der Waals surface area contributed by atoms with Gasteiger partial charge in [0.2, 0.25) is 0 Å². The Morgan fingerprint density at radius 3 is 2.45 bits per heavy atom. The van der Waals surface area contributed by atoms with Crippen LogP contribution in [-0.2, 0) is 6.54 Å². The number of carbonyl (C=O) groups excluding carboxylic acids is 1. The largest absolute Gasteiger partial charge is 0.415 e. The maximum Gasteiger partial charge on any atom is 0.415 e. The molecule has 0 spiro atoms. The number of nitrogens with zero attached hydrogens (tertiary/aromatic N) is 2. The Kier molecular flexibility index (Phi) is 4.71. The predicted octanol–water partition coefficient (Wildman–Crippen LogP) is 3.49. The van der Waals surface area contributed by atoms with Crippen molar-refractivity contribution in [3.63, 3.8) is 0 Å². The van der Waals surface area contributed by atoms with Gasteiger partial charge < -0.3 is 4.74 Å². The molecular formula is C16H18N2O2. The van der Waals surface area contributed by atoms with E-state index in [1.54, 1.807) is 23.2 Å². The molecule has 1 amide bonds. The number of aromatic nitrogens is 1. The van der Waals surface area contributed by atoms with Crippen molar-refractivity contribution in [3.8, 4) is 5.75 Å². The van der Waals surface area contributed by atoms with Crippen molar-refractivity contribution >= 4 is 6.09 Å². The summed E-state index contributed by atoms with van der Waals surface area (Å²) in [6.45, 7) is 4.34. The van der Waals surface area contributed by atoms with Crippen LogP contribution in [0.3, 0.4) is 0 Å². The van der Waals surface area contributed by atoms with Crippen LogP contribution >= 0.6 is 0 Å². The molecule has 0 atom stereocenters. The Morgan fingerprint density at radius 1 is 1.15 bits per heavy atom. The third-order valence-electron chi connectivity index (χ3n) is 2.86. The minimum atomic E-state index is -0.364. The molecule has 0 N–H and O–H groups in total. The van der Waals surface area contributed by atoms with Crippen LogP contribution < -0.4 is 4.74 Å². The lowest BCUT2D eigenvalue weighted by molar-refractivity contribution is 0.134. The number of rotatable bonds is 4. The summed E-state index contributed by atoms with van der Waals surface area (Å²) in [6, 6.07) is 14.8. The molecule has 4 nitrogen and oxygen atoms in total. The molecule has 20 heavy (non-hydrogen) atoms. The highest BCUT2D eigenvalue weighted by atomic mass is 16.6. The lowest BCUT2D eigenvalue weighted by atomic mass is 10.3. The molecule has 0 radical (unpaired) electrons. The van der Waals surface area contributed by atoms with Gasteiger partial charge in [-0.2, -0.15) is 0 Å². The Balaban J connectivity index is 2.07. The van der Waals surface area contributed by atoms with Gasteiger partial charge in [0.15, 0.2) is 0 Å². The van der Waals surface area contributed by atoms with Crippen LogP contribution in [-0.4, -0.2) is 22.0 Å². The molecule has 0 aliphatic heterocycles. The molecule has 0 fully saturated rings. The summed E-state index contributed by atoms with van der Waals surface area (Å²) in [5.41, 5.74) is 0.839. The summed E-state index contributed by atoms with van der Waals surface area (Å²) in [5.74, 6) is 0.546. The average Bonchev–Trinajstić information content (AvgIpc) is 2.46. The Bertz CT molecular complexity index is 541. The minimum absolute atomic E-state index is 0.0354. The fourth-order valence-corrected chi connectivity index (χ4v) is 1.77. The van der Waals surface area contributed by atoms with E-state index in [0.717, 1.165) is 5.69 Å². The van der Waals surface area contributed by atoms with E-state index in [2.05, 4.69) is 4.98 Å². The van der Waals surface area contributed by atoms with Gasteiger partial charge in [-0.15, -0.1) is 0 Å². The van der Waals surface area contributed by atoms with Crippen LogP contribution in [0.1, 0.15) is 19.5 Å². The van der Waals surface area contributed by atoms with E-state index in [4.69, 9.17) is 4.74 Å². The quantitative estimate of drug-likeness (QED) is 0.854. The molecule has 104 valence electrons. The number of carbonyl (C=O) groups is 1. The third-order valence-corrected chi connectivity index (χ3v) is 2.86. The van der Waals surface area contributed by atoms with Crippen LogP contribution in [0.15, 0.2) is 54.7 Å². The second kappa shape index (κ2) is 6.70. The number of para-hydroxylation sites is 1. The predicted molar refractivity (Wildman–Crippen MR) is 77.4 cm³/mol. The highest BCUT2D eigenvalue weighted by Gasteiger charge is 2.19. The van der Waals surface area contributed by atoms with Crippen molar-refractivity contribution in [2.45, 2.75) is 26.4 Å². The van der Waals surface area contributed by atoms with Crippen LogP contribution in [0.5, 0.6) is 5.75 Å². The summed E-state index contributed by atoms with van der Waals surface area (Å²) >= 11 is 0. The first-order valence-corrected chi connectivity index (χ1v) is 6.60. The Morgan fingerprint density at radius 2 is 1.85 bits per heavy atom. The number of hydrogen-bond acceptors (Lipinski definition) is 3. The SMILES string of the molecule is CC(C)N(Cc1ccccn1)C(=O)Oc1ccccc1. The fourth-order valence-electron chi connectivity index (χ4n) is 1.77. The topological polar surface area (TPSA) is 42.4 Å². The highest BCUT2D eigenvalue weighted by Crippen LogP contribution is 2.13. The van der Waals surface area contributed by atoms with Gasteiger partial charge in [0.25, 0.3) is 0 Å². The first-order valence-electron chi connectivity index (χ1n) is 6.60. The smallest absolute Gasteiger partial charge is 0.410 e. The summed E-state index contributed by atoms with van der Waals surface area (Å²) in [7, 11) is 0. The van der Waals surface area contributed by atoms with Crippen molar-refractivity contribution in [3.05, 3.63) is 60.4 Å². The number of hydrogen-bond donors (Lipinski definition) is 0. The van der Waals surface area contributed by atoms with E-state index in [1.165, 1.54) is 0 Å². The van der Waals surface area contributed by atoms with Crippen molar-refractivity contribution in [2.75, 3.05) is 0 Å². The lowest BCUT2D eigenvalue weighted by Gasteiger charge is -2.25. The molecule has 0 unspecified atom stereocenters. The van der Waals surface area contributed by atoms with E-state index >= 15 is 0 Å². The fraction of sp³-hybridized carbons (Fsp3) is 0.250. The maximum absolute atomic E-state index is 12.2. The second-order valence-corrected chi connectivity index (χ2v) is 4.72. The number of pyridine rings is 1. The first kappa shape index (κ1) is 14.1. The first-order chi connectivity index (χ1) is 9.66. The van der Waals surface area contributed by atoms with Crippen LogP contribution in [0, 0.1) is 0 Å². The average molecular weight is 270 g/mol. The van der Waals surface area contributed by atoms with Crippen LogP contribution in [0.2, 0.25) is 0 Å². The summed E-state index contributed by atoms with van der Waals surface area (Å²) in [5, 5.41) is 0. The van der Waals surface area contributed by atoms with Crippen molar-refractivity contribution in [1.82, 2.24) is 9.88 Å². The monoisotopic (exact) mass is 270 g/mol. The lowest BCUT2D eigenvalue weighted by Crippen LogP contribution is -2.38. The van der Waals surface area contributed by atoms with Gasteiger partial charge in [-0.05, 0) is 38.1 Å². The molecular weight excluding hydrogens is 252 g/mol. The molecule has 0 saturated heterocycles. The van der Waals surface area contributed by atoms with E-state index in [0.29, 0.717) is 12.3 Å². The van der Waals surface area contributed by atoms with Crippen molar-refractivity contribution in [2.24, 2.45) is 0 Å². The molecule has 1 heterocycles. The van der Waals surface area contributed by atoms with Gasteiger partial charge in [-0.1, -0.05) is 24.3 Å². The third kappa shape index (κ3) is 3.82. The van der Waals surface area contributed by atoms with E-state index < -0.39 is 0 Å². The molecule has 0 bridgehead atoms. The van der Waals surface area contributed by atoms with Crippen LogP contribution in [0.25, 0.3) is 0 Å². The van der Waals surface area contributed by atoms with E-state index in [9.17, 15) is 4.79 Å². The number of benzene rings is 1. The number of ether oxygens (including phenoxy) is 1. The molecule has 4 heteroatoms. The standard InChI is InChI=1S/C16H18N2O2/c1-13(2)18(12-14-8-6-7-11-17-14)16(19)20-15-9-4-3-5-10-15/h3-11,13H,12H2,1-2H3. The van der Waals surface area contributed by atoms with Gasteiger partial charge in [0.05, 0.1) is 12.2 Å².